The van der Waals surface area contributed by atoms with Gasteiger partial charge in [0.2, 0.25) is 5.91 Å². The van der Waals surface area contributed by atoms with Crippen LogP contribution in [0.1, 0.15) is 23.2 Å². The summed E-state index contributed by atoms with van der Waals surface area (Å²) in [6, 6.07) is 11.1. The number of primary amides is 1. The molecule has 2 heterocycles. The topological polar surface area (TPSA) is 91.6 Å². The van der Waals surface area contributed by atoms with Gasteiger partial charge in [0.05, 0.1) is 17.8 Å². The van der Waals surface area contributed by atoms with Crippen molar-refractivity contribution in [3.8, 4) is 0 Å². The molecule has 0 spiro atoms. The molecule has 1 fully saturated rings. The smallest absolute Gasteiger partial charge is 0.255 e. The first-order valence-electron chi connectivity index (χ1n) is 9.03. The van der Waals surface area contributed by atoms with Gasteiger partial charge in [0, 0.05) is 38.4 Å². The van der Waals surface area contributed by atoms with Crippen LogP contribution in [0.15, 0.2) is 42.6 Å². The highest BCUT2D eigenvalue weighted by Gasteiger charge is 2.24. The van der Waals surface area contributed by atoms with Crippen molar-refractivity contribution in [2.75, 3.05) is 42.3 Å². The third kappa shape index (κ3) is 4.55. The number of amides is 2. The van der Waals surface area contributed by atoms with Crippen molar-refractivity contribution < 1.29 is 9.59 Å². The van der Waals surface area contributed by atoms with Gasteiger partial charge in [-0.05, 0) is 43.2 Å². The van der Waals surface area contributed by atoms with Crippen LogP contribution in [-0.4, -0.2) is 44.0 Å². The highest BCUT2D eigenvalue weighted by atomic mass is 16.2. The van der Waals surface area contributed by atoms with E-state index in [1.165, 1.54) is 0 Å². The van der Waals surface area contributed by atoms with Gasteiger partial charge >= 0.3 is 0 Å². The zero-order valence-electron chi connectivity index (χ0n) is 15.7. The number of rotatable bonds is 5. The second-order valence-corrected chi connectivity index (χ2v) is 6.99. The predicted octanol–water partition coefficient (Wildman–Crippen LogP) is 2.10. The van der Waals surface area contributed by atoms with Gasteiger partial charge in [-0.25, -0.2) is 4.98 Å². The van der Waals surface area contributed by atoms with Gasteiger partial charge in [-0.2, -0.15) is 0 Å². The summed E-state index contributed by atoms with van der Waals surface area (Å²) < 4.78 is 0. The highest BCUT2D eigenvalue weighted by Crippen LogP contribution is 2.23. The van der Waals surface area contributed by atoms with E-state index in [-0.39, 0.29) is 17.7 Å². The lowest BCUT2D eigenvalue weighted by molar-refractivity contribution is -0.122. The number of nitrogens with one attached hydrogen (secondary N) is 1. The Bertz CT molecular complexity index is 819. The number of carbonyl (C=O) groups is 2. The number of hydrogen-bond donors (Lipinski definition) is 2. The molecule has 1 aromatic heterocycles. The van der Waals surface area contributed by atoms with Crippen molar-refractivity contribution in [2.45, 2.75) is 12.8 Å². The normalized spacial score (nSPS) is 16.7. The number of piperidine rings is 1. The largest absolute Gasteiger partial charge is 0.378 e. The number of hydrogen-bond acceptors (Lipinski definition) is 5. The fraction of sp³-hybridized carbons (Fsp3) is 0.350. The first kappa shape index (κ1) is 18.7. The molecule has 2 aromatic rings. The van der Waals surface area contributed by atoms with E-state index in [1.54, 1.807) is 12.3 Å². The standard InChI is InChI=1S/C20H25N5O2/c1-24(2)17-7-3-5-14(11-17)20(27)23-16-8-9-18(22-12-16)25-10-4-6-15(13-25)19(21)26/h3,5,7-9,11-12,15H,4,6,10,13H2,1-2H3,(H2,21,26)(H,23,27). The van der Waals surface area contributed by atoms with Crippen LogP contribution in [0.4, 0.5) is 17.2 Å². The SMILES string of the molecule is CN(C)c1cccc(C(=O)Nc2ccc(N3CCCC(C(N)=O)C3)nc2)c1. The van der Waals surface area contributed by atoms with E-state index in [1.807, 2.05) is 49.3 Å². The molecule has 7 heteroatoms. The summed E-state index contributed by atoms with van der Waals surface area (Å²) >= 11 is 0. The molecule has 0 bridgehead atoms. The Morgan fingerprint density at radius 1 is 1.26 bits per heavy atom. The monoisotopic (exact) mass is 367 g/mol. The lowest BCUT2D eigenvalue weighted by Gasteiger charge is -2.32. The molecule has 0 saturated carbocycles. The second-order valence-electron chi connectivity index (χ2n) is 6.99. The fourth-order valence-corrected chi connectivity index (χ4v) is 3.19. The zero-order chi connectivity index (χ0) is 19.4. The van der Waals surface area contributed by atoms with Crippen molar-refractivity contribution in [1.29, 1.82) is 0 Å². The molecule has 7 nitrogen and oxygen atoms in total. The Labute approximate surface area is 159 Å². The van der Waals surface area contributed by atoms with E-state index in [0.717, 1.165) is 30.9 Å². The van der Waals surface area contributed by atoms with Crippen molar-refractivity contribution in [3.05, 3.63) is 48.2 Å². The summed E-state index contributed by atoms with van der Waals surface area (Å²) in [5.74, 6) is 0.209. The molecule has 1 aromatic carbocycles. The first-order valence-corrected chi connectivity index (χ1v) is 9.03. The van der Waals surface area contributed by atoms with E-state index in [0.29, 0.717) is 17.8 Å². The summed E-state index contributed by atoms with van der Waals surface area (Å²) in [6.45, 7) is 1.44. The van der Waals surface area contributed by atoms with E-state index < -0.39 is 0 Å². The third-order valence-electron chi connectivity index (χ3n) is 4.78. The molecule has 3 N–H and O–H groups in total. The molecule has 0 radical (unpaired) electrons. The molecule has 2 amide bonds. The van der Waals surface area contributed by atoms with Gasteiger partial charge in [-0.3, -0.25) is 9.59 Å². The minimum atomic E-state index is -0.261. The van der Waals surface area contributed by atoms with Gasteiger partial charge in [0.25, 0.3) is 5.91 Å². The molecular weight excluding hydrogens is 342 g/mol. The zero-order valence-corrected chi connectivity index (χ0v) is 15.7. The minimum Gasteiger partial charge on any atom is -0.378 e. The molecule has 142 valence electrons. The molecular formula is C20H25N5O2. The number of benzene rings is 1. The first-order chi connectivity index (χ1) is 12.9. The minimum absolute atomic E-state index is 0.135. The van der Waals surface area contributed by atoms with E-state index in [9.17, 15) is 9.59 Å². The number of carbonyl (C=O) groups excluding carboxylic acids is 2. The number of anilines is 3. The lowest BCUT2D eigenvalue weighted by Crippen LogP contribution is -2.41. The summed E-state index contributed by atoms with van der Waals surface area (Å²) in [5.41, 5.74) is 7.61. The van der Waals surface area contributed by atoms with Crippen LogP contribution in [0.5, 0.6) is 0 Å². The van der Waals surface area contributed by atoms with Gasteiger partial charge < -0.3 is 20.9 Å². The van der Waals surface area contributed by atoms with Crippen LogP contribution in [0.2, 0.25) is 0 Å². The van der Waals surface area contributed by atoms with Crippen molar-refractivity contribution >= 4 is 29.0 Å². The van der Waals surface area contributed by atoms with Crippen LogP contribution in [0.3, 0.4) is 0 Å². The van der Waals surface area contributed by atoms with E-state index >= 15 is 0 Å². The summed E-state index contributed by atoms with van der Waals surface area (Å²) in [5, 5.41) is 2.87. The maximum atomic E-state index is 12.5. The van der Waals surface area contributed by atoms with Gasteiger partial charge in [-0.15, -0.1) is 0 Å². The van der Waals surface area contributed by atoms with Crippen molar-refractivity contribution in [2.24, 2.45) is 11.7 Å². The van der Waals surface area contributed by atoms with Crippen LogP contribution >= 0.6 is 0 Å². The molecule has 1 unspecified atom stereocenters. The van der Waals surface area contributed by atoms with E-state index in [4.69, 9.17) is 5.73 Å². The van der Waals surface area contributed by atoms with Gasteiger partial charge in [-0.1, -0.05) is 6.07 Å². The Morgan fingerprint density at radius 3 is 2.74 bits per heavy atom. The van der Waals surface area contributed by atoms with Gasteiger partial charge in [0.1, 0.15) is 5.82 Å². The summed E-state index contributed by atoms with van der Waals surface area (Å²) in [7, 11) is 3.87. The molecule has 1 saturated heterocycles. The van der Waals surface area contributed by atoms with Crippen molar-refractivity contribution in [3.63, 3.8) is 0 Å². The van der Waals surface area contributed by atoms with Gasteiger partial charge in [0.15, 0.2) is 0 Å². The van der Waals surface area contributed by atoms with Crippen molar-refractivity contribution in [1.82, 2.24) is 4.98 Å². The Hall–Kier alpha value is -3.09. The summed E-state index contributed by atoms with van der Waals surface area (Å²) in [6.07, 6.45) is 3.37. The third-order valence-corrected chi connectivity index (χ3v) is 4.78. The van der Waals surface area contributed by atoms with Crippen LogP contribution in [-0.2, 0) is 4.79 Å². The Morgan fingerprint density at radius 2 is 2.07 bits per heavy atom. The quantitative estimate of drug-likeness (QED) is 0.844. The van der Waals surface area contributed by atoms with Crippen LogP contribution in [0.25, 0.3) is 0 Å². The molecule has 1 atom stereocenters. The highest BCUT2D eigenvalue weighted by molar-refractivity contribution is 6.04. The molecule has 1 aliphatic heterocycles. The fourth-order valence-electron chi connectivity index (χ4n) is 3.19. The lowest BCUT2D eigenvalue weighted by atomic mass is 9.97. The second kappa shape index (κ2) is 8.07. The Balaban J connectivity index is 1.66. The molecule has 3 rings (SSSR count). The number of aromatic nitrogens is 1. The van der Waals surface area contributed by atoms with E-state index in [2.05, 4.69) is 15.2 Å². The molecule has 27 heavy (non-hydrogen) atoms. The predicted molar refractivity (Wildman–Crippen MR) is 107 cm³/mol. The average molecular weight is 367 g/mol. The maximum Gasteiger partial charge on any atom is 0.255 e. The summed E-state index contributed by atoms with van der Waals surface area (Å²) in [4.78, 5) is 32.4. The maximum absolute atomic E-state index is 12.5. The molecule has 0 aliphatic carbocycles. The number of nitrogens with zero attached hydrogens (tertiary/aromatic N) is 3. The Kier molecular flexibility index (Phi) is 5.59. The molecule has 1 aliphatic rings. The van der Waals surface area contributed by atoms with Crippen LogP contribution < -0.4 is 20.9 Å². The van der Waals surface area contributed by atoms with Crippen LogP contribution in [0, 0.1) is 5.92 Å². The number of pyridine rings is 1. The number of nitrogens with two attached hydrogens (primary N) is 1. The average Bonchev–Trinajstić information content (AvgIpc) is 2.68.